The summed E-state index contributed by atoms with van der Waals surface area (Å²) in [5, 5.41) is 8.40. The Morgan fingerprint density at radius 1 is 1.40 bits per heavy atom. The molecule has 1 N–H and O–H groups in total. The van der Waals surface area contributed by atoms with Crippen LogP contribution in [0.15, 0.2) is 34.8 Å². The molecule has 5 nitrogen and oxygen atoms in total. The van der Waals surface area contributed by atoms with Crippen LogP contribution in [0.4, 0.5) is 0 Å². The molecule has 1 aromatic carbocycles. The van der Waals surface area contributed by atoms with Crippen molar-refractivity contribution < 1.29 is 24.2 Å². The maximum absolute atomic E-state index is 11.3. The number of aliphatic carboxylic acids is 1. The third-order valence-electron chi connectivity index (χ3n) is 2.42. The molecule has 0 spiro atoms. The average molecular weight is 343 g/mol. The van der Waals surface area contributed by atoms with Crippen LogP contribution in [0.1, 0.15) is 12.5 Å². The molecule has 0 saturated heterocycles. The van der Waals surface area contributed by atoms with Gasteiger partial charge in [0.1, 0.15) is 11.9 Å². The number of carboxylic acid groups (broad SMARTS) is 1. The summed E-state index contributed by atoms with van der Waals surface area (Å²) < 4.78 is 11.0. The Morgan fingerprint density at radius 3 is 2.65 bits per heavy atom. The van der Waals surface area contributed by atoms with Crippen LogP contribution in [-0.4, -0.2) is 30.3 Å². The molecule has 1 rings (SSSR count). The molecule has 20 heavy (non-hydrogen) atoms. The van der Waals surface area contributed by atoms with Crippen molar-refractivity contribution in [3.63, 3.8) is 0 Å². The molecule has 0 aromatic heterocycles. The van der Waals surface area contributed by atoms with Gasteiger partial charge in [0.25, 0.3) is 0 Å². The first-order valence-electron chi connectivity index (χ1n) is 5.86. The summed E-state index contributed by atoms with van der Waals surface area (Å²) in [7, 11) is 1.58. The molecule has 0 unspecified atom stereocenters. The largest absolute Gasteiger partial charge is 0.496 e. The number of esters is 1. The van der Waals surface area contributed by atoms with Crippen LogP contribution in [-0.2, 0) is 20.7 Å². The number of methoxy groups -OCH3 is 1. The van der Waals surface area contributed by atoms with Gasteiger partial charge in [-0.2, -0.15) is 0 Å². The van der Waals surface area contributed by atoms with E-state index in [1.807, 2.05) is 18.2 Å². The third-order valence-corrected chi connectivity index (χ3v) is 3.04. The molecule has 0 saturated carbocycles. The fourth-order valence-electron chi connectivity index (χ4n) is 1.59. The maximum atomic E-state index is 11.3. The maximum Gasteiger partial charge on any atom is 0.331 e. The molecule has 0 aliphatic carbocycles. The first-order valence-corrected chi connectivity index (χ1v) is 6.65. The number of rotatable bonds is 6. The number of halogens is 1. The molecule has 0 fully saturated rings. The van der Waals surface area contributed by atoms with Crippen LogP contribution < -0.4 is 4.74 Å². The second-order valence-electron chi connectivity index (χ2n) is 4.09. The minimum atomic E-state index is -1.19. The summed E-state index contributed by atoms with van der Waals surface area (Å²) in [5.41, 5.74) is 0.972. The molecule has 0 heterocycles. The topological polar surface area (TPSA) is 72.8 Å². The van der Waals surface area contributed by atoms with Crippen LogP contribution in [0.25, 0.3) is 0 Å². The Bertz CT molecular complexity index is 524. The highest BCUT2D eigenvalue weighted by atomic mass is 79.9. The minimum absolute atomic E-state index is 0.360. The van der Waals surface area contributed by atoms with Crippen molar-refractivity contribution in [1.29, 1.82) is 0 Å². The van der Waals surface area contributed by atoms with E-state index in [9.17, 15) is 9.59 Å². The Kier molecular flexibility index (Phi) is 6.24. The van der Waals surface area contributed by atoms with E-state index >= 15 is 0 Å². The van der Waals surface area contributed by atoms with Gasteiger partial charge in [0.05, 0.1) is 11.6 Å². The van der Waals surface area contributed by atoms with Gasteiger partial charge in [0.15, 0.2) is 0 Å². The SMILES string of the molecule is COc1ccc(C[C@H](C)OC(=O)/C=C\C(=O)O)cc1Br. The lowest BCUT2D eigenvalue weighted by atomic mass is 10.1. The predicted octanol–water partition coefficient (Wildman–Crippen LogP) is 2.57. The van der Waals surface area contributed by atoms with Crippen LogP contribution in [0, 0.1) is 0 Å². The monoisotopic (exact) mass is 342 g/mol. The van der Waals surface area contributed by atoms with Gasteiger partial charge in [-0.3, -0.25) is 0 Å². The van der Waals surface area contributed by atoms with Crippen LogP contribution in [0.2, 0.25) is 0 Å². The summed E-state index contributed by atoms with van der Waals surface area (Å²) in [6.45, 7) is 1.74. The zero-order valence-electron chi connectivity index (χ0n) is 11.1. The van der Waals surface area contributed by atoms with Crippen molar-refractivity contribution in [3.05, 3.63) is 40.4 Å². The van der Waals surface area contributed by atoms with Gasteiger partial charge in [-0.15, -0.1) is 0 Å². The number of ether oxygens (including phenoxy) is 2. The number of benzene rings is 1. The van der Waals surface area contributed by atoms with Gasteiger partial charge < -0.3 is 14.6 Å². The number of carbonyl (C=O) groups is 2. The lowest BCUT2D eigenvalue weighted by Gasteiger charge is -2.13. The highest BCUT2D eigenvalue weighted by Gasteiger charge is 2.10. The molecule has 0 radical (unpaired) electrons. The molecule has 108 valence electrons. The van der Waals surface area contributed by atoms with Crippen molar-refractivity contribution >= 4 is 27.9 Å². The Morgan fingerprint density at radius 2 is 2.10 bits per heavy atom. The van der Waals surface area contributed by atoms with Crippen molar-refractivity contribution in [2.24, 2.45) is 0 Å². The van der Waals surface area contributed by atoms with Gasteiger partial charge in [0, 0.05) is 18.6 Å². The summed E-state index contributed by atoms with van der Waals surface area (Å²) in [4.78, 5) is 21.6. The fraction of sp³-hybridized carbons (Fsp3) is 0.286. The molecule has 0 aliphatic rings. The highest BCUT2D eigenvalue weighted by molar-refractivity contribution is 9.10. The number of hydrogen-bond acceptors (Lipinski definition) is 4. The number of hydrogen-bond donors (Lipinski definition) is 1. The molecule has 0 bridgehead atoms. The molecule has 1 aromatic rings. The molecule has 1 atom stereocenters. The summed E-state index contributed by atoms with van der Waals surface area (Å²) in [6, 6.07) is 5.58. The van der Waals surface area contributed by atoms with E-state index in [1.165, 1.54) is 0 Å². The molecular weight excluding hydrogens is 328 g/mol. The average Bonchev–Trinajstić information content (AvgIpc) is 2.36. The summed E-state index contributed by atoms with van der Waals surface area (Å²) in [6.07, 6.45) is 1.80. The Hall–Kier alpha value is -1.82. The van der Waals surface area contributed by atoms with Crippen LogP contribution in [0.3, 0.4) is 0 Å². The van der Waals surface area contributed by atoms with E-state index in [-0.39, 0.29) is 6.10 Å². The zero-order valence-corrected chi connectivity index (χ0v) is 12.7. The number of carbonyl (C=O) groups excluding carboxylic acids is 1. The van der Waals surface area contributed by atoms with Gasteiger partial charge in [-0.1, -0.05) is 6.07 Å². The predicted molar refractivity (Wildman–Crippen MR) is 76.7 cm³/mol. The molecular formula is C14H15BrO5. The third kappa shape index (κ3) is 5.44. The van der Waals surface area contributed by atoms with Gasteiger partial charge in [-0.25, -0.2) is 9.59 Å². The van der Waals surface area contributed by atoms with Gasteiger partial charge >= 0.3 is 11.9 Å². The molecule has 0 amide bonds. The first-order chi connectivity index (χ1) is 9.42. The first kappa shape index (κ1) is 16.2. The van der Waals surface area contributed by atoms with Crippen molar-refractivity contribution in [3.8, 4) is 5.75 Å². The lowest BCUT2D eigenvalue weighted by Crippen LogP contribution is -2.16. The minimum Gasteiger partial charge on any atom is -0.496 e. The second kappa shape index (κ2) is 7.69. The van der Waals surface area contributed by atoms with Gasteiger partial charge in [0.2, 0.25) is 0 Å². The standard InChI is InChI=1S/C14H15BrO5/c1-9(20-14(18)6-5-13(16)17)7-10-3-4-12(19-2)11(15)8-10/h3-6,8-9H,7H2,1-2H3,(H,16,17)/b6-5-/t9-/m0/s1. The smallest absolute Gasteiger partial charge is 0.331 e. The normalized spacial score (nSPS) is 12.2. The van der Waals surface area contributed by atoms with E-state index in [0.29, 0.717) is 6.42 Å². The Labute approximate surface area is 125 Å². The number of carboxylic acids is 1. The van der Waals surface area contributed by atoms with Crippen molar-refractivity contribution in [2.75, 3.05) is 7.11 Å². The van der Waals surface area contributed by atoms with E-state index in [2.05, 4.69) is 15.9 Å². The molecule has 0 aliphatic heterocycles. The van der Waals surface area contributed by atoms with Crippen molar-refractivity contribution in [2.45, 2.75) is 19.4 Å². The second-order valence-corrected chi connectivity index (χ2v) is 4.95. The zero-order chi connectivity index (χ0) is 15.1. The highest BCUT2D eigenvalue weighted by Crippen LogP contribution is 2.26. The Balaban J connectivity index is 2.58. The summed E-state index contributed by atoms with van der Waals surface area (Å²) in [5.74, 6) is -1.14. The van der Waals surface area contributed by atoms with Crippen LogP contribution in [0.5, 0.6) is 5.75 Å². The van der Waals surface area contributed by atoms with E-state index < -0.39 is 11.9 Å². The van der Waals surface area contributed by atoms with E-state index in [4.69, 9.17) is 14.6 Å². The summed E-state index contributed by atoms with van der Waals surface area (Å²) >= 11 is 3.38. The molecule has 6 heteroatoms. The quantitative estimate of drug-likeness (QED) is 0.635. The van der Waals surface area contributed by atoms with E-state index in [0.717, 1.165) is 27.9 Å². The van der Waals surface area contributed by atoms with Gasteiger partial charge in [-0.05, 0) is 40.5 Å². The van der Waals surface area contributed by atoms with E-state index in [1.54, 1.807) is 14.0 Å². The fourth-order valence-corrected chi connectivity index (χ4v) is 2.18. The van der Waals surface area contributed by atoms with Crippen LogP contribution >= 0.6 is 15.9 Å². The lowest BCUT2D eigenvalue weighted by molar-refractivity contribution is -0.142. The van der Waals surface area contributed by atoms with Crippen molar-refractivity contribution in [1.82, 2.24) is 0 Å².